The highest BCUT2D eigenvalue weighted by Gasteiger charge is 2.56. The lowest BCUT2D eigenvalue weighted by Gasteiger charge is -2.46. The normalized spacial score (nSPS) is 43.6. The van der Waals surface area contributed by atoms with E-state index >= 15 is 0 Å². The smallest absolute Gasteiger partial charge is 0.295 e. The predicted octanol–water partition coefficient (Wildman–Crippen LogP) is 1.88. The van der Waals surface area contributed by atoms with Gasteiger partial charge in [0.2, 0.25) is 0 Å². The van der Waals surface area contributed by atoms with E-state index in [1.54, 1.807) is 0 Å². The van der Waals surface area contributed by atoms with E-state index in [1.807, 2.05) is 0 Å². The SMILES string of the molecule is O=[N+]([O-])OC12CCC3(O[N+](=O)[O-])CC(CC(C1)C3)C2. The molecule has 4 aliphatic rings. The van der Waals surface area contributed by atoms with E-state index in [2.05, 4.69) is 0 Å². The first-order valence-corrected chi connectivity index (χ1v) is 6.57. The third-order valence-electron chi connectivity index (χ3n) is 4.88. The number of hydrogen-bond acceptors (Lipinski definition) is 6. The van der Waals surface area contributed by atoms with Gasteiger partial charge in [0.15, 0.2) is 0 Å². The van der Waals surface area contributed by atoms with Crippen LogP contribution in [-0.2, 0) is 9.68 Å². The molecule has 4 rings (SSSR count). The molecule has 106 valence electrons. The van der Waals surface area contributed by atoms with Gasteiger partial charge in [-0.05, 0) is 56.8 Å². The van der Waals surface area contributed by atoms with Crippen molar-refractivity contribution in [3.63, 3.8) is 0 Å². The molecule has 4 aliphatic carbocycles. The summed E-state index contributed by atoms with van der Waals surface area (Å²) >= 11 is 0. The highest BCUT2D eigenvalue weighted by molar-refractivity contribution is 5.05. The van der Waals surface area contributed by atoms with Crippen LogP contribution in [0.25, 0.3) is 0 Å². The van der Waals surface area contributed by atoms with E-state index in [4.69, 9.17) is 9.68 Å². The van der Waals surface area contributed by atoms with Crippen molar-refractivity contribution in [1.29, 1.82) is 0 Å². The Hall–Kier alpha value is -1.60. The van der Waals surface area contributed by atoms with Crippen molar-refractivity contribution < 1.29 is 19.8 Å². The topological polar surface area (TPSA) is 105 Å². The van der Waals surface area contributed by atoms with Gasteiger partial charge >= 0.3 is 0 Å². The van der Waals surface area contributed by atoms with Crippen molar-refractivity contribution in [2.45, 2.75) is 56.1 Å². The maximum atomic E-state index is 10.7. The molecule has 0 radical (unpaired) electrons. The molecule has 19 heavy (non-hydrogen) atoms. The van der Waals surface area contributed by atoms with Crippen molar-refractivity contribution in [2.75, 3.05) is 0 Å². The van der Waals surface area contributed by atoms with Gasteiger partial charge in [-0.25, -0.2) is 0 Å². The summed E-state index contributed by atoms with van der Waals surface area (Å²) in [5.74, 6) is 0.463. The molecular weight excluding hydrogens is 256 g/mol. The lowest BCUT2D eigenvalue weighted by atomic mass is 9.65. The van der Waals surface area contributed by atoms with E-state index in [0.29, 0.717) is 38.5 Å². The summed E-state index contributed by atoms with van der Waals surface area (Å²) in [6.45, 7) is 0. The second-order valence-corrected chi connectivity index (χ2v) is 6.28. The van der Waals surface area contributed by atoms with E-state index in [9.17, 15) is 20.2 Å². The quantitative estimate of drug-likeness (QED) is 0.571. The van der Waals surface area contributed by atoms with Crippen molar-refractivity contribution >= 4 is 0 Å². The fraction of sp³-hybridized carbons (Fsp3) is 1.00. The summed E-state index contributed by atoms with van der Waals surface area (Å²) in [6, 6.07) is 0. The molecule has 0 aromatic heterocycles. The second kappa shape index (κ2) is 3.94. The van der Waals surface area contributed by atoms with Crippen LogP contribution in [0.3, 0.4) is 0 Å². The van der Waals surface area contributed by atoms with E-state index < -0.39 is 21.4 Å². The zero-order valence-electron chi connectivity index (χ0n) is 10.4. The van der Waals surface area contributed by atoms with Gasteiger partial charge in [0.1, 0.15) is 11.2 Å². The molecule has 0 aromatic rings. The predicted molar refractivity (Wildman–Crippen MR) is 60.9 cm³/mol. The van der Waals surface area contributed by atoms with Gasteiger partial charge in [0.25, 0.3) is 10.2 Å². The minimum atomic E-state index is -0.741. The fourth-order valence-electron chi connectivity index (χ4n) is 4.64. The van der Waals surface area contributed by atoms with Crippen molar-refractivity contribution in [1.82, 2.24) is 0 Å². The molecule has 0 atom stereocenters. The molecule has 0 heterocycles. The van der Waals surface area contributed by atoms with Crippen LogP contribution in [0.15, 0.2) is 0 Å². The van der Waals surface area contributed by atoms with E-state index in [-0.39, 0.29) is 11.8 Å². The Morgan fingerprint density at radius 2 is 1.21 bits per heavy atom. The zero-order valence-corrected chi connectivity index (χ0v) is 10.4. The Bertz CT molecular complexity index is 375. The largest absolute Gasteiger partial charge is 0.307 e. The number of hydrogen-bond donors (Lipinski definition) is 0. The summed E-state index contributed by atoms with van der Waals surface area (Å²) in [5.41, 5.74) is -1.48. The summed E-state index contributed by atoms with van der Waals surface area (Å²) in [7, 11) is 0. The molecule has 0 N–H and O–H groups in total. The highest BCUT2D eigenvalue weighted by Crippen LogP contribution is 2.57. The summed E-state index contributed by atoms with van der Waals surface area (Å²) < 4.78 is 0. The van der Waals surface area contributed by atoms with Crippen molar-refractivity contribution in [2.24, 2.45) is 11.8 Å². The van der Waals surface area contributed by atoms with Crippen LogP contribution in [-0.4, -0.2) is 21.4 Å². The number of nitrogens with zero attached hydrogens (tertiary/aromatic N) is 2. The minimum absolute atomic E-state index is 0.231. The van der Waals surface area contributed by atoms with E-state index in [0.717, 1.165) is 6.42 Å². The van der Waals surface area contributed by atoms with Gasteiger partial charge in [0.05, 0.1) is 0 Å². The Balaban J connectivity index is 1.87. The molecule has 4 bridgehead atoms. The van der Waals surface area contributed by atoms with Crippen molar-refractivity contribution in [3.8, 4) is 0 Å². The van der Waals surface area contributed by atoms with Gasteiger partial charge in [-0.3, -0.25) is 0 Å². The molecule has 0 aliphatic heterocycles. The molecule has 4 fully saturated rings. The lowest BCUT2D eigenvalue weighted by molar-refractivity contribution is -0.783. The average Bonchev–Trinajstić information content (AvgIpc) is 2.38. The van der Waals surface area contributed by atoms with Crippen LogP contribution in [0.1, 0.15) is 44.9 Å². The van der Waals surface area contributed by atoms with E-state index in [1.165, 1.54) is 0 Å². The first-order valence-electron chi connectivity index (χ1n) is 6.57. The molecular formula is C11H16N2O6. The average molecular weight is 272 g/mol. The van der Waals surface area contributed by atoms with Gasteiger partial charge in [-0.1, -0.05) is 0 Å². The minimum Gasteiger partial charge on any atom is -0.307 e. The Kier molecular flexibility index (Phi) is 2.58. The molecule has 0 spiro atoms. The molecule has 0 unspecified atom stereocenters. The van der Waals surface area contributed by atoms with Gasteiger partial charge in [-0.15, -0.1) is 20.2 Å². The van der Waals surface area contributed by atoms with Gasteiger partial charge in [0, 0.05) is 0 Å². The third-order valence-corrected chi connectivity index (χ3v) is 4.88. The Morgan fingerprint density at radius 3 is 1.53 bits per heavy atom. The van der Waals surface area contributed by atoms with Gasteiger partial charge in [-0.2, -0.15) is 0 Å². The van der Waals surface area contributed by atoms with Crippen LogP contribution in [0.5, 0.6) is 0 Å². The van der Waals surface area contributed by atoms with Gasteiger partial charge < -0.3 is 9.68 Å². The molecule has 0 aromatic carbocycles. The Morgan fingerprint density at radius 1 is 0.842 bits per heavy atom. The number of rotatable bonds is 4. The maximum absolute atomic E-state index is 10.7. The van der Waals surface area contributed by atoms with Crippen LogP contribution >= 0.6 is 0 Å². The Labute approximate surface area is 109 Å². The van der Waals surface area contributed by atoms with Crippen LogP contribution in [0.2, 0.25) is 0 Å². The molecule has 8 nitrogen and oxygen atoms in total. The summed E-state index contributed by atoms with van der Waals surface area (Å²) in [4.78, 5) is 31.3. The monoisotopic (exact) mass is 272 g/mol. The summed E-state index contributed by atoms with van der Waals surface area (Å²) in [5, 5.41) is 20.0. The molecule has 0 saturated heterocycles. The maximum Gasteiger partial charge on any atom is 0.295 e. The number of fused-ring (bicyclic) bond motifs is 1. The molecule has 4 saturated carbocycles. The summed E-state index contributed by atoms with van der Waals surface area (Å²) in [6.07, 6.45) is 4.39. The third kappa shape index (κ3) is 2.19. The lowest BCUT2D eigenvalue weighted by Crippen LogP contribution is -2.46. The first-order chi connectivity index (χ1) is 8.90. The molecule has 0 amide bonds. The fourth-order valence-corrected chi connectivity index (χ4v) is 4.64. The second-order valence-electron chi connectivity index (χ2n) is 6.28. The highest BCUT2D eigenvalue weighted by atomic mass is 17.0. The van der Waals surface area contributed by atoms with Crippen LogP contribution < -0.4 is 0 Å². The van der Waals surface area contributed by atoms with Crippen LogP contribution in [0.4, 0.5) is 0 Å². The standard InChI is InChI=1S/C11H16N2O6/c14-12(15)18-10-1-2-11(19-13(16)17)6-8(4-10)3-9(5-10)7-11/h8-9H,1-7H2. The van der Waals surface area contributed by atoms with Crippen LogP contribution in [0, 0.1) is 32.1 Å². The van der Waals surface area contributed by atoms with Crippen molar-refractivity contribution in [3.05, 3.63) is 20.2 Å². The first kappa shape index (κ1) is 12.4. The molecule has 8 heteroatoms. The zero-order chi connectivity index (χ0) is 13.7.